The zero-order valence-corrected chi connectivity index (χ0v) is 15.9. The number of pyridine rings is 2. The van der Waals surface area contributed by atoms with Crippen molar-refractivity contribution in [1.82, 2.24) is 19.8 Å². The predicted molar refractivity (Wildman–Crippen MR) is 105 cm³/mol. The lowest BCUT2D eigenvalue weighted by molar-refractivity contribution is -0.140. The monoisotopic (exact) mass is 394 g/mol. The molecule has 4 rings (SSSR count). The zero-order valence-electron chi connectivity index (χ0n) is 15.9. The van der Waals surface area contributed by atoms with E-state index in [1.807, 2.05) is 6.07 Å². The molecule has 0 saturated carbocycles. The Labute approximate surface area is 168 Å². The summed E-state index contributed by atoms with van der Waals surface area (Å²) in [6.07, 6.45) is 6.32. The van der Waals surface area contributed by atoms with Crippen molar-refractivity contribution in [3.8, 4) is 0 Å². The van der Waals surface area contributed by atoms with Crippen LogP contribution in [-0.4, -0.2) is 76.0 Å². The molecule has 0 aliphatic carbocycles. The summed E-state index contributed by atoms with van der Waals surface area (Å²) in [5.74, 6) is -1.49. The third-order valence-electron chi connectivity index (χ3n) is 5.25. The number of aliphatic hydroxyl groups is 1. The number of Topliss-reactive ketones (excluding diaryl/α,β-unsaturated/α-hetero) is 1. The van der Waals surface area contributed by atoms with Gasteiger partial charge in [0.1, 0.15) is 5.76 Å². The van der Waals surface area contributed by atoms with E-state index in [9.17, 15) is 14.7 Å². The van der Waals surface area contributed by atoms with Crippen LogP contribution in [0.15, 0.2) is 54.6 Å². The lowest BCUT2D eigenvalue weighted by atomic mass is 9.96. The Kier molecular flexibility index (Phi) is 5.64. The summed E-state index contributed by atoms with van der Waals surface area (Å²) in [4.78, 5) is 37.6. The van der Waals surface area contributed by atoms with Crippen molar-refractivity contribution in [2.75, 3.05) is 39.4 Å². The molecular weight excluding hydrogens is 372 g/mol. The van der Waals surface area contributed by atoms with Crippen LogP contribution in [0.1, 0.15) is 17.2 Å². The van der Waals surface area contributed by atoms with Crippen LogP contribution in [0.3, 0.4) is 0 Å². The first-order valence-electron chi connectivity index (χ1n) is 9.55. The maximum atomic E-state index is 12.9. The van der Waals surface area contributed by atoms with Crippen molar-refractivity contribution in [2.45, 2.75) is 6.04 Å². The first-order valence-corrected chi connectivity index (χ1v) is 9.55. The number of amides is 1. The molecular formula is C21H22N4O4. The van der Waals surface area contributed by atoms with Gasteiger partial charge in [0.25, 0.3) is 11.7 Å². The number of aliphatic hydroxyl groups excluding tert-OH is 1. The number of morpholine rings is 1. The standard InChI is InChI=1S/C21H22N4O4/c26-19(15-3-6-22-7-4-15)17-18(16-2-1-5-23-14-16)25(21(28)20(17)27)9-8-24-10-12-29-13-11-24/h1-7,14,18,26H,8-13H2/b19-17+. The van der Waals surface area contributed by atoms with Crippen LogP contribution < -0.4 is 0 Å². The van der Waals surface area contributed by atoms with Crippen LogP contribution in [0.5, 0.6) is 0 Å². The predicted octanol–water partition coefficient (Wildman–Crippen LogP) is 1.23. The second-order valence-electron chi connectivity index (χ2n) is 6.97. The van der Waals surface area contributed by atoms with E-state index in [0.29, 0.717) is 37.4 Å². The lowest BCUT2D eigenvalue weighted by Crippen LogP contribution is -2.42. The molecule has 1 amide bonds. The molecule has 0 spiro atoms. The highest BCUT2D eigenvalue weighted by atomic mass is 16.5. The molecule has 4 heterocycles. The normalized spacial score (nSPS) is 22.2. The molecule has 1 N–H and O–H groups in total. The van der Waals surface area contributed by atoms with Gasteiger partial charge in [-0.15, -0.1) is 0 Å². The zero-order chi connectivity index (χ0) is 20.2. The molecule has 2 fully saturated rings. The van der Waals surface area contributed by atoms with E-state index >= 15 is 0 Å². The minimum atomic E-state index is -0.685. The minimum Gasteiger partial charge on any atom is -0.507 e. The number of likely N-dealkylation sites (tertiary alicyclic amines) is 1. The molecule has 1 unspecified atom stereocenters. The van der Waals surface area contributed by atoms with Gasteiger partial charge < -0.3 is 14.7 Å². The molecule has 8 nitrogen and oxygen atoms in total. The highest BCUT2D eigenvalue weighted by Crippen LogP contribution is 2.38. The Morgan fingerprint density at radius 2 is 1.83 bits per heavy atom. The highest BCUT2D eigenvalue weighted by Gasteiger charge is 2.46. The average molecular weight is 394 g/mol. The Bertz CT molecular complexity index is 911. The van der Waals surface area contributed by atoms with E-state index < -0.39 is 17.7 Å². The van der Waals surface area contributed by atoms with Gasteiger partial charge in [0.05, 0.1) is 24.8 Å². The Morgan fingerprint density at radius 3 is 2.52 bits per heavy atom. The van der Waals surface area contributed by atoms with E-state index in [2.05, 4.69) is 14.9 Å². The molecule has 150 valence electrons. The maximum Gasteiger partial charge on any atom is 0.295 e. The molecule has 2 aliphatic heterocycles. The molecule has 29 heavy (non-hydrogen) atoms. The molecule has 2 aliphatic rings. The van der Waals surface area contributed by atoms with Crippen molar-refractivity contribution in [2.24, 2.45) is 0 Å². The van der Waals surface area contributed by atoms with Gasteiger partial charge in [-0.05, 0) is 23.8 Å². The van der Waals surface area contributed by atoms with Crippen molar-refractivity contribution in [3.05, 3.63) is 65.8 Å². The number of hydrogen-bond acceptors (Lipinski definition) is 7. The number of carbonyl (C=O) groups is 2. The molecule has 1 atom stereocenters. The number of nitrogens with zero attached hydrogens (tertiary/aromatic N) is 4. The summed E-state index contributed by atoms with van der Waals surface area (Å²) in [5, 5.41) is 10.9. The summed E-state index contributed by atoms with van der Waals surface area (Å²) < 4.78 is 5.37. The van der Waals surface area contributed by atoms with E-state index in [4.69, 9.17) is 4.74 Å². The van der Waals surface area contributed by atoms with Crippen LogP contribution in [0.2, 0.25) is 0 Å². The first-order chi connectivity index (χ1) is 14.2. The minimum absolute atomic E-state index is 0.0798. The highest BCUT2D eigenvalue weighted by molar-refractivity contribution is 6.46. The third-order valence-corrected chi connectivity index (χ3v) is 5.25. The number of hydrogen-bond donors (Lipinski definition) is 1. The van der Waals surface area contributed by atoms with Gasteiger partial charge in [-0.25, -0.2) is 0 Å². The second kappa shape index (κ2) is 8.50. The Balaban J connectivity index is 1.70. The Morgan fingerprint density at radius 1 is 1.07 bits per heavy atom. The van der Waals surface area contributed by atoms with Crippen molar-refractivity contribution < 1.29 is 19.4 Å². The van der Waals surface area contributed by atoms with Gasteiger partial charge >= 0.3 is 0 Å². The molecule has 8 heteroatoms. The molecule has 2 aromatic rings. The van der Waals surface area contributed by atoms with Crippen LogP contribution >= 0.6 is 0 Å². The fourth-order valence-electron chi connectivity index (χ4n) is 3.73. The quantitative estimate of drug-likeness (QED) is 0.463. The van der Waals surface area contributed by atoms with Crippen LogP contribution in [0.25, 0.3) is 5.76 Å². The van der Waals surface area contributed by atoms with Gasteiger partial charge in [-0.3, -0.25) is 24.5 Å². The third kappa shape index (κ3) is 3.90. The SMILES string of the molecule is O=C1C(=O)N(CCN2CCOCC2)C(c2cccnc2)/C1=C(\O)c1ccncc1. The average Bonchev–Trinajstić information content (AvgIpc) is 3.04. The topological polar surface area (TPSA) is 95.9 Å². The lowest BCUT2D eigenvalue weighted by Gasteiger charge is -2.30. The molecule has 0 bridgehead atoms. The summed E-state index contributed by atoms with van der Waals surface area (Å²) in [7, 11) is 0. The fraction of sp³-hybridized carbons (Fsp3) is 0.333. The Hall–Kier alpha value is -3.10. The maximum absolute atomic E-state index is 12.9. The molecule has 0 aromatic carbocycles. The van der Waals surface area contributed by atoms with Crippen molar-refractivity contribution in [3.63, 3.8) is 0 Å². The van der Waals surface area contributed by atoms with E-state index in [0.717, 1.165) is 13.1 Å². The summed E-state index contributed by atoms with van der Waals surface area (Å²) in [5.41, 5.74) is 1.21. The molecule has 0 radical (unpaired) electrons. The number of ketones is 1. The van der Waals surface area contributed by atoms with Gasteiger partial charge in [-0.2, -0.15) is 0 Å². The molecule has 2 aromatic heterocycles. The van der Waals surface area contributed by atoms with Crippen LogP contribution in [0.4, 0.5) is 0 Å². The van der Waals surface area contributed by atoms with Gasteiger partial charge in [-0.1, -0.05) is 6.07 Å². The van der Waals surface area contributed by atoms with Crippen LogP contribution in [0, 0.1) is 0 Å². The largest absolute Gasteiger partial charge is 0.507 e. The van der Waals surface area contributed by atoms with Gasteiger partial charge in [0, 0.05) is 56.5 Å². The first kappa shape index (κ1) is 19.2. The van der Waals surface area contributed by atoms with E-state index in [1.54, 1.807) is 30.6 Å². The summed E-state index contributed by atoms with van der Waals surface area (Å²) in [6.45, 7) is 3.90. The smallest absolute Gasteiger partial charge is 0.295 e. The van der Waals surface area contributed by atoms with Gasteiger partial charge in [0.15, 0.2) is 0 Å². The number of rotatable bonds is 5. The molecule has 2 saturated heterocycles. The van der Waals surface area contributed by atoms with Crippen LogP contribution in [-0.2, 0) is 14.3 Å². The summed E-state index contributed by atoms with van der Waals surface area (Å²) >= 11 is 0. The van der Waals surface area contributed by atoms with E-state index in [1.165, 1.54) is 17.3 Å². The fourth-order valence-corrected chi connectivity index (χ4v) is 3.73. The second-order valence-corrected chi connectivity index (χ2v) is 6.97. The number of aromatic nitrogens is 2. The van der Waals surface area contributed by atoms with E-state index in [-0.39, 0.29) is 11.3 Å². The van der Waals surface area contributed by atoms with Gasteiger partial charge in [0.2, 0.25) is 0 Å². The number of ether oxygens (including phenoxy) is 1. The van der Waals surface area contributed by atoms with Crippen molar-refractivity contribution >= 4 is 17.4 Å². The summed E-state index contributed by atoms with van der Waals surface area (Å²) in [6, 6.07) is 6.10. The van der Waals surface area contributed by atoms with Crippen molar-refractivity contribution in [1.29, 1.82) is 0 Å². The number of carbonyl (C=O) groups excluding carboxylic acids is 2.